The molecular weight excluding hydrogens is 406 g/mol. The van der Waals surface area contributed by atoms with Crippen molar-refractivity contribution in [2.75, 3.05) is 45.2 Å². The van der Waals surface area contributed by atoms with Crippen LogP contribution in [0, 0.1) is 12.8 Å². The van der Waals surface area contributed by atoms with Gasteiger partial charge in [0, 0.05) is 51.6 Å². The largest absolute Gasteiger partial charge is 0.489 e. The van der Waals surface area contributed by atoms with Gasteiger partial charge in [0.15, 0.2) is 0 Å². The Hall–Kier alpha value is -2.87. The molecule has 0 aliphatic carbocycles. The predicted octanol–water partition coefficient (Wildman–Crippen LogP) is 2.25. The van der Waals surface area contributed by atoms with E-state index >= 15 is 0 Å². The Kier molecular flexibility index (Phi) is 5.63. The van der Waals surface area contributed by atoms with Gasteiger partial charge in [0.05, 0.1) is 31.5 Å². The van der Waals surface area contributed by atoms with Gasteiger partial charge in [-0.3, -0.25) is 4.79 Å². The minimum atomic E-state index is 0.148. The third-order valence-electron chi connectivity index (χ3n) is 6.74. The molecule has 0 spiro atoms. The van der Waals surface area contributed by atoms with Crippen LogP contribution < -0.4 is 14.4 Å². The molecule has 2 fully saturated rings. The number of nitrogens with zero attached hydrogens (tertiary/aromatic N) is 5. The van der Waals surface area contributed by atoms with Crippen LogP contribution in [-0.2, 0) is 17.9 Å². The first kappa shape index (κ1) is 21.0. The number of amides is 1. The smallest absolute Gasteiger partial charge is 0.228 e. The first-order chi connectivity index (χ1) is 15.5. The number of likely N-dealkylation sites (tertiary alicyclic amines) is 1. The monoisotopic (exact) mass is 437 g/mol. The molecule has 5 rings (SSSR count). The van der Waals surface area contributed by atoms with Crippen molar-refractivity contribution in [1.82, 2.24) is 19.8 Å². The van der Waals surface area contributed by atoms with Crippen LogP contribution >= 0.6 is 0 Å². The van der Waals surface area contributed by atoms with Crippen LogP contribution in [0.1, 0.15) is 29.7 Å². The second-order valence-electron chi connectivity index (χ2n) is 9.19. The molecular formula is C24H31N5O3. The molecule has 0 bridgehead atoms. The highest BCUT2D eigenvalue weighted by Gasteiger charge is 2.36. The zero-order valence-corrected chi connectivity index (χ0v) is 19.1. The first-order valence-electron chi connectivity index (χ1n) is 11.4. The molecule has 8 heteroatoms. The van der Waals surface area contributed by atoms with Gasteiger partial charge >= 0.3 is 0 Å². The Morgan fingerprint density at radius 2 is 1.94 bits per heavy atom. The Labute approximate surface area is 189 Å². The lowest BCUT2D eigenvalue weighted by atomic mass is 10.00. The molecule has 0 saturated carbocycles. The van der Waals surface area contributed by atoms with E-state index in [1.807, 2.05) is 17.0 Å². The number of hydrogen-bond acceptors (Lipinski definition) is 7. The molecule has 2 saturated heterocycles. The molecule has 0 aromatic carbocycles. The highest BCUT2D eigenvalue weighted by molar-refractivity contribution is 5.80. The number of anilines is 1. The molecule has 0 unspecified atom stereocenters. The van der Waals surface area contributed by atoms with Crippen molar-refractivity contribution in [2.24, 2.45) is 5.92 Å². The summed E-state index contributed by atoms with van der Waals surface area (Å²) >= 11 is 0. The number of aryl methyl sites for hydroxylation is 1. The van der Waals surface area contributed by atoms with E-state index in [9.17, 15) is 4.79 Å². The molecule has 0 atom stereocenters. The summed E-state index contributed by atoms with van der Waals surface area (Å²) in [6, 6.07) is 5.95. The summed E-state index contributed by atoms with van der Waals surface area (Å²) in [4.78, 5) is 28.5. The number of ether oxygens (including phenoxy) is 2. The average molecular weight is 438 g/mol. The molecule has 1 amide bonds. The molecule has 0 radical (unpaired) electrons. The van der Waals surface area contributed by atoms with Crippen LogP contribution in [0.4, 0.5) is 5.82 Å². The van der Waals surface area contributed by atoms with Crippen LogP contribution in [0.5, 0.6) is 11.6 Å². The van der Waals surface area contributed by atoms with Crippen molar-refractivity contribution in [3.8, 4) is 11.6 Å². The van der Waals surface area contributed by atoms with Gasteiger partial charge in [0.1, 0.15) is 17.7 Å². The molecule has 32 heavy (non-hydrogen) atoms. The Morgan fingerprint density at radius 3 is 2.59 bits per heavy atom. The summed E-state index contributed by atoms with van der Waals surface area (Å²) in [5.41, 5.74) is 3.42. The van der Waals surface area contributed by atoms with Gasteiger partial charge in [-0.1, -0.05) is 0 Å². The fraction of sp³-hybridized carbons (Fsp3) is 0.542. The van der Waals surface area contributed by atoms with E-state index in [1.165, 1.54) is 11.1 Å². The summed E-state index contributed by atoms with van der Waals surface area (Å²) in [6.45, 7) is 6.98. The third-order valence-corrected chi connectivity index (χ3v) is 6.74. The van der Waals surface area contributed by atoms with Crippen molar-refractivity contribution in [3.05, 3.63) is 41.2 Å². The van der Waals surface area contributed by atoms with E-state index in [4.69, 9.17) is 14.5 Å². The number of aromatic nitrogens is 2. The van der Waals surface area contributed by atoms with Crippen molar-refractivity contribution in [3.63, 3.8) is 0 Å². The van der Waals surface area contributed by atoms with E-state index in [0.29, 0.717) is 19.0 Å². The number of carbonyl (C=O) groups is 1. The number of fused-ring (bicyclic) bond motifs is 1. The number of piperidine rings is 1. The van der Waals surface area contributed by atoms with E-state index in [0.717, 1.165) is 56.3 Å². The maximum Gasteiger partial charge on any atom is 0.228 e. The van der Waals surface area contributed by atoms with Crippen molar-refractivity contribution in [2.45, 2.75) is 39.0 Å². The van der Waals surface area contributed by atoms with Gasteiger partial charge in [-0.2, -0.15) is 0 Å². The number of carbonyl (C=O) groups excluding carboxylic acids is 1. The quantitative estimate of drug-likeness (QED) is 0.710. The fourth-order valence-electron chi connectivity index (χ4n) is 4.94. The zero-order valence-electron chi connectivity index (χ0n) is 19.1. The standard InChI is InChI=1S/C24H31N5O3/c1-16-10-17-14-29(24(30)18-12-27(2)13-18)15-21(17)26-23(16)28-8-6-19(7-9-28)32-20-4-5-22(31-3)25-11-20/h4-5,10-11,18-19H,6-9,12-15H2,1-3H3. The summed E-state index contributed by atoms with van der Waals surface area (Å²) in [5.74, 6) is 2.83. The number of pyridine rings is 2. The summed E-state index contributed by atoms with van der Waals surface area (Å²) in [5, 5.41) is 0. The fourth-order valence-corrected chi connectivity index (χ4v) is 4.94. The summed E-state index contributed by atoms with van der Waals surface area (Å²) < 4.78 is 11.2. The van der Waals surface area contributed by atoms with Crippen LogP contribution in [0.25, 0.3) is 0 Å². The third kappa shape index (κ3) is 4.11. The molecule has 170 valence electrons. The number of hydrogen-bond donors (Lipinski definition) is 0. The molecule has 2 aromatic rings. The van der Waals surface area contributed by atoms with Gasteiger partial charge < -0.3 is 24.2 Å². The number of rotatable bonds is 5. The van der Waals surface area contributed by atoms with E-state index < -0.39 is 0 Å². The second-order valence-corrected chi connectivity index (χ2v) is 9.19. The van der Waals surface area contributed by atoms with Crippen LogP contribution in [0.15, 0.2) is 24.4 Å². The van der Waals surface area contributed by atoms with Crippen molar-refractivity contribution in [1.29, 1.82) is 0 Å². The van der Waals surface area contributed by atoms with Crippen LogP contribution in [0.2, 0.25) is 0 Å². The maximum atomic E-state index is 12.8. The molecule has 2 aromatic heterocycles. The van der Waals surface area contributed by atoms with Crippen LogP contribution in [0.3, 0.4) is 0 Å². The predicted molar refractivity (Wildman–Crippen MR) is 121 cm³/mol. The lowest BCUT2D eigenvalue weighted by Crippen LogP contribution is -2.51. The maximum absolute atomic E-state index is 12.8. The lowest BCUT2D eigenvalue weighted by Gasteiger charge is -2.37. The molecule has 5 heterocycles. The second kappa shape index (κ2) is 8.58. The SMILES string of the molecule is COc1ccc(OC2CCN(c3nc4c(cc3C)CN(C(=O)C3CN(C)C3)C4)CC2)cn1. The Bertz CT molecular complexity index is 982. The molecule has 0 N–H and O–H groups in total. The van der Waals surface area contributed by atoms with Gasteiger partial charge in [-0.05, 0) is 37.2 Å². The molecule has 3 aliphatic heterocycles. The summed E-state index contributed by atoms with van der Waals surface area (Å²) in [6.07, 6.45) is 3.75. The zero-order chi connectivity index (χ0) is 22.2. The van der Waals surface area contributed by atoms with Gasteiger partial charge in [-0.15, -0.1) is 0 Å². The van der Waals surface area contributed by atoms with Gasteiger partial charge in [0.25, 0.3) is 0 Å². The minimum absolute atomic E-state index is 0.148. The summed E-state index contributed by atoms with van der Waals surface area (Å²) in [7, 11) is 3.66. The van der Waals surface area contributed by atoms with Crippen molar-refractivity contribution < 1.29 is 14.3 Å². The highest BCUT2D eigenvalue weighted by Crippen LogP contribution is 2.31. The van der Waals surface area contributed by atoms with Crippen molar-refractivity contribution >= 4 is 11.7 Å². The average Bonchev–Trinajstić information content (AvgIpc) is 3.20. The number of methoxy groups -OCH3 is 1. The molecule has 3 aliphatic rings. The Morgan fingerprint density at radius 1 is 1.16 bits per heavy atom. The highest BCUT2D eigenvalue weighted by atomic mass is 16.5. The van der Waals surface area contributed by atoms with E-state index in [2.05, 4.69) is 34.8 Å². The van der Waals surface area contributed by atoms with Gasteiger partial charge in [0.2, 0.25) is 11.8 Å². The first-order valence-corrected chi connectivity index (χ1v) is 11.4. The minimum Gasteiger partial charge on any atom is -0.489 e. The van der Waals surface area contributed by atoms with Gasteiger partial charge in [-0.25, -0.2) is 9.97 Å². The van der Waals surface area contributed by atoms with E-state index in [1.54, 1.807) is 13.3 Å². The van der Waals surface area contributed by atoms with E-state index in [-0.39, 0.29) is 17.9 Å². The normalized spacial score (nSPS) is 19.6. The topological polar surface area (TPSA) is 71.0 Å². The van der Waals surface area contributed by atoms with Crippen LogP contribution in [-0.4, -0.2) is 72.1 Å². The lowest BCUT2D eigenvalue weighted by molar-refractivity contribution is -0.141. The molecule has 8 nitrogen and oxygen atoms in total. The Balaban J connectivity index is 1.19.